The Morgan fingerprint density at radius 3 is 2.52 bits per heavy atom. The van der Waals surface area contributed by atoms with Gasteiger partial charge in [0, 0.05) is 0 Å². The fraction of sp³-hybridized carbons (Fsp3) is 0.750. The molecule has 132 valence electrons. The number of unbranched alkanes of at least 4 members (excludes halogenated alkanes) is 6. The summed E-state index contributed by atoms with van der Waals surface area (Å²) < 4.78 is 4.59. The second-order valence-corrected chi connectivity index (χ2v) is 5.75. The van der Waals surface area contributed by atoms with E-state index in [1.807, 2.05) is 0 Å². The number of allylic oxidation sites excluding steroid dienone is 1. The number of aliphatic hydroxyl groups is 3. The van der Waals surface area contributed by atoms with Crippen molar-refractivity contribution in [2.45, 2.75) is 76.3 Å². The quantitative estimate of drug-likeness (QED) is 0.340. The van der Waals surface area contributed by atoms with Gasteiger partial charge in [0.15, 0.2) is 18.3 Å². The van der Waals surface area contributed by atoms with Crippen LogP contribution in [-0.2, 0) is 14.3 Å². The van der Waals surface area contributed by atoms with Gasteiger partial charge in [-0.2, -0.15) is 0 Å². The third-order valence-electron chi connectivity index (χ3n) is 3.80. The van der Waals surface area contributed by atoms with Crippen LogP contribution in [0.2, 0.25) is 0 Å². The molecule has 0 bridgehead atoms. The monoisotopic (exact) mass is 329 g/mol. The topological polar surface area (TPSA) is 116 Å². The summed E-state index contributed by atoms with van der Waals surface area (Å²) in [5, 5.41) is 30.9. The molecule has 0 aliphatic carbocycles. The molecule has 7 heteroatoms. The molecule has 1 saturated heterocycles. The number of cyclic esters (lactones) is 1. The van der Waals surface area contributed by atoms with Gasteiger partial charge in [-0.15, -0.1) is 0 Å². The van der Waals surface area contributed by atoms with Gasteiger partial charge in [-0.1, -0.05) is 45.1 Å². The maximum Gasteiger partial charge on any atom is 0.338 e. The van der Waals surface area contributed by atoms with E-state index < -0.39 is 36.3 Å². The maximum absolute atomic E-state index is 11.7. The lowest BCUT2D eigenvalue weighted by atomic mass is 10.1. The van der Waals surface area contributed by atoms with Crippen molar-refractivity contribution in [2.24, 2.45) is 0 Å². The molecule has 0 aromatic rings. The van der Waals surface area contributed by atoms with Crippen LogP contribution in [0.5, 0.6) is 0 Å². The third kappa shape index (κ3) is 6.29. The van der Waals surface area contributed by atoms with E-state index in [-0.39, 0.29) is 0 Å². The van der Waals surface area contributed by atoms with Crippen molar-refractivity contribution in [2.75, 3.05) is 0 Å². The van der Waals surface area contributed by atoms with Crippen LogP contribution in [0.4, 0.5) is 0 Å². The molecule has 4 atom stereocenters. The average Bonchev–Trinajstić information content (AvgIpc) is 2.80. The van der Waals surface area contributed by atoms with E-state index in [0.29, 0.717) is 0 Å². The molecule has 4 N–H and O–H groups in total. The summed E-state index contributed by atoms with van der Waals surface area (Å²) in [6, 6.07) is 0. The predicted molar refractivity (Wildman–Crippen MR) is 83.2 cm³/mol. The number of amides is 1. The van der Waals surface area contributed by atoms with Crippen molar-refractivity contribution in [3.05, 3.63) is 12.3 Å². The minimum absolute atomic E-state index is 0.796. The van der Waals surface area contributed by atoms with Crippen LogP contribution in [0.25, 0.3) is 0 Å². The molecule has 1 aliphatic rings. The second kappa shape index (κ2) is 10.4. The molecule has 1 amide bonds. The Bertz CT molecular complexity index is 411. The lowest BCUT2D eigenvalue weighted by molar-refractivity contribution is -0.153. The molecule has 23 heavy (non-hydrogen) atoms. The van der Waals surface area contributed by atoms with Crippen molar-refractivity contribution in [1.29, 1.82) is 0 Å². The predicted octanol–water partition coefficient (Wildman–Crippen LogP) is 0.375. The molecule has 7 nitrogen and oxygen atoms in total. The van der Waals surface area contributed by atoms with E-state index in [2.05, 4.69) is 17.0 Å². The normalized spacial score (nSPS) is 25.6. The van der Waals surface area contributed by atoms with Crippen LogP contribution in [0.15, 0.2) is 12.3 Å². The van der Waals surface area contributed by atoms with Crippen LogP contribution in [0.3, 0.4) is 0 Å². The SMILES string of the molecule is CCCCCCCCC=CNC(=O)[C@H](O)[C@H]1OC(=O)[C@@H](O)[C@H]1O. The zero-order valence-corrected chi connectivity index (χ0v) is 13.5. The van der Waals surface area contributed by atoms with Crippen LogP contribution < -0.4 is 5.32 Å². The fourth-order valence-electron chi connectivity index (χ4n) is 2.35. The van der Waals surface area contributed by atoms with E-state index in [4.69, 9.17) is 0 Å². The zero-order valence-electron chi connectivity index (χ0n) is 13.5. The van der Waals surface area contributed by atoms with E-state index in [1.54, 1.807) is 6.08 Å². The minimum Gasteiger partial charge on any atom is -0.454 e. The summed E-state index contributed by atoms with van der Waals surface area (Å²) in [4.78, 5) is 22.8. The van der Waals surface area contributed by atoms with Crippen molar-refractivity contribution in [3.63, 3.8) is 0 Å². The third-order valence-corrected chi connectivity index (χ3v) is 3.80. The molecule has 0 spiro atoms. The Kier molecular flexibility index (Phi) is 8.83. The highest BCUT2D eigenvalue weighted by molar-refractivity contribution is 5.84. The van der Waals surface area contributed by atoms with Gasteiger partial charge in [0.2, 0.25) is 0 Å². The van der Waals surface area contributed by atoms with Gasteiger partial charge in [0.1, 0.15) is 6.10 Å². The zero-order chi connectivity index (χ0) is 17.2. The van der Waals surface area contributed by atoms with Gasteiger partial charge in [0.25, 0.3) is 5.91 Å². The van der Waals surface area contributed by atoms with Crippen molar-refractivity contribution >= 4 is 11.9 Å². The first-order valence-electron chi connectivity index (χ1n) is 8.19. The number of aliphatic hydroxyl groups excluding tert-OH is 3. The van der Waals surface area contributed by atoms with Gasteiger partial charge < -0.3 is 25.4 Å². The number of ether oxygens (including phenoxy) is 1. The first kappa shape index (κ1) is 19.6. The molecule has 0 aromatic carbocycles. The smallest absolute Gasteiger partial charge is 0.338 e. The largest absolute Gasteiger partial charge is 0.454 e. The van der Waals surface area contributed by atoms with Gasteiger partial charge in [0.05, 0.1) is 0 Å². The summed E-state index contributed by atoms with van der Waals surface area (Å²) in [5.41, 5.74) is 0. The molecule has 1 rings (SSSR count). The highest BCUT2D eigenvalue weighted by atomic mass is 16.6. The van der Waals surface area contributed by atoms with Crippen LogP contribution >= 0.6 is 0 Å². The van der Waals surface area contributed by atoms with Gasteiger partial charge >= 0.3 is 5.97 Å². The summed E-state index contributed by atoms with van der Waals surface area (Å²) >= 11 is 0. The van der Waals surface area contributed by atoms with E-state index in [1.165, 1.54) is 31.9 Å². The fourth-order valence-corrected chi connectivity index (χ4v) is 2.35. The Morgan fingerprint density at radius 2 is 1.91 bits per heavy atom. The number of rotatable bonds is 10. The highest BCUT2D eigenvalue weighted by Gasteiger charge is 2.48. The second-order valence-electron chi connectivity index (χ2n) is 5.75. The molecule has 0 unspecified atom stereocenters. The van der Waals surface area contributed by atoms with Gasteiger partial charge in [-0.3, -0.25) is 4.79 Å². The lowest BCUT2D eigenvalue weighted by Gasteiger charge is -2.18. The summed E-state index contributed by atoms with van der Waals surface area (Å²) in [6.07, 6.45) is 4.61. The van der Waals surface area contributed by atoms with Crippen LogP contribution in [0, 0.1) is 0 Å². The minimum atomic E-state index is -1.73. The summed E-state index contributed by atoms with van der Waals surface area (Å²) in [7, 11) is 0. The first-order valence-corrected chi connectivity index (χ1v) is 8.19. The van der Waals surface area contributed by atoms with Crippen molar-refractivity contribution in [3.8, 4) is 0 Å². The van der Waals surface area contributed by atoms with Crippen LogP contribution in [0.1, 0.15) is 51.9 Å². The number of esters is 1. The Morgan fingerprint density at radius 1 is 1.26 bits per heavy atom. The summed E-state index contributed by atoms with van der Waals surface area (Å²) in [6.45, 7) is 2.17. The molecule has 1 fully saturated rings. The Hall–Kier alpha value is -1.44. The van der Waals surface area contributed by atoms with Gasteiger partial charge in [-0.25, -0.2) is 4.79 Å². The van der Waals surface area contributed by atoms with E-state index in [0.717, 1.165) is 19.3 Å². The highest BCUT2D eigenvalue weighted by Crippen LogP contribution is 2.19. The molecule has 1 aliphatic heterocycles. The number of carbonyl (C=O) groups excluding carboxylic acids is 2. The standard InChI is InChI=1S/C16H27NO6/c1-2-3-4-5-6-7-8-9-10-17-15(21)13(20)14-11(18)12(19)16(22)23-14/h9-14,18-20H,2-8H2,1H3,(H,17,21)/t11-,12+,13-,14+/m1/s1. The number of hydrogen-bond donors (Lipinski definition) is 4. The number of hydrogen-bond acceptors (Lipinski definition) is 6. The van der Waals surface area contributed by atoms with E-state index >= 15 is 0 Å². The maximum atomic E-state index is 11.7. The summed E-state index contributed by atoms with van der Waals surface area (Å²) in [5.74, 6) is -1.84. The van der Waals surface area contributed by atoms with Crippen molar-refractivity contribution in [1.82, 2.24) is 5.32 Å². The Labute approximate surface area is 136 Å². The molecular weight excluding hydrogens is 302 g/mol. The molecular formula is C16H27NO6. The molecule has 0 saturated carbocycles. The Balaban J connectivity index is 2.20. The molecule has 1 heterocycles. The average molecular weight is 329 g/mol. The number of nitrogens with one attached hydrogen (secondary N) is 1. The first-order chi connectivity index (χ1) is 11.0. The van der Waals surface area contributed by atoms with E-state index in [9.17, 15) is 24.9 Å². The van der Waals surface area contributed by atoms with Gasteiger partial charge in [-0.05, 0) is 19.0 Å². The molecule has 0 aromatic heterocycles. The molecule has 0 radical (unpaired) electrons. The van der Waals surface area contributed by atoms with Crippen LogP contribution in [-0.4, -0.2) is 51.6 Å². The lowest BCUT2D eigenvalue weighted by Crippen LogP contribution is -2.46. The van der Waals surface area contributed by atoms with Crippen molar-refractivity contribution < 1.29 is 29.6 Å². The number of carbonyl (C=O) groups is 2.